The van der Waals surface area contributed by atoms with Crippen LogP contribution in [0.15, 0.2) is 65.8 Å². The lowest BCUT2D eigenvalue weighted by Gasteiger charge is -2.23. The molecule has 24 heavy (non-hydrogen) atoms. The minimum Gasteiger partial charge on any atom is -0.445 e. The fraction of sp³-hybridized carbons (Fsp3) is 0.200. The second kappa shape index (κ2) is 7.01. The van der Waals surface area contributed by atoms with Gasteiger partial charge in [-0.25, -0.2) is 4.79 Å². The standard InChI is InChI=1S/C20H18N2O2/c1-3-15(2)24-20(23)18-14-19(16-10-6-4-7-11-16)22(21-18)17-12-8-5-9-13-17/h1,4-13,15,19H,14H2,2H3/t15-,19+/m1/s1. The zero-order valence-electron chi connectivity index (χ0n) is 13.4. The molecule has 1 aliphatic rings. The van der Waals surface area contributed by atoms with Crippen molar-refractivity contribution < 1.29 is 9.53 Å². The number of carbonyl (C=O) groups is 1. The van der Waals surface area contributed by atoms with Crippen LogP contribution in [0.3, 0.4) is 0 Å². The van der Waals surface area contributed by atoms with Crippen LogP contribution in [0.25, 0.3) is 0 Å². The van der Waals surface area contributed by atoms with Crippen LogP contribution in [0.5, 0.6) is 0 Å². The number of hydrogen-bond donors (Lipinski definition) is 0. The fourth-order valence-electron chi connectivity index (χ4n) is 2.65. The molecule has 120 valence electrons. The van der Waals surface area contributed by atoms with Crippen molar-refractivity contribution in [2.75, 3.05) is 5.01 Å². The van der Waals surface area contributed by atoms with E-state index in [1.165, 1.54) is 0 Å². The Morgan fingerprint density at radius 2 is 1.83 bits per heavy atom. The molecule has 4 heteroatoms. The molecule has 2 atom stereocenters. The van der Waals surface area contributed by atoms with Crippen molar-refractivity contribution in [2.45, 2.75) is 25.5 Å². The molecule has 1 aliphatic heterocycles. The Labute approximate surface area is 141 Å². The number of rotatable bonds is 4. The topological polar surface area (TPSA) is 41.9 Å². The average molecular weight is 318 g/mol. The maximum atomic E-state index is 12.3. The van der Waals surface area contributed by atoms with Crippen molar-refractivity contribution in [1.82, 2.24) is 0 Å². The molecule has 0 spiro atoms. The van der Waals surface area contributed by atoms with E-state index < -0.39 is 12.1 Å². The summed E-state index contributed by atoms with van der Waals surface area (Å²) in [6, 6.07) is 19.7. The molecule has 3 rings (SSSR count). The summed E-state index contributed by atoms with van der Waals surface area (Å²) in [4.78, 5) is 12.3. The summed E-state index contributed by atoms with van der Waals surface area (Å²) in [5.74, 6) is 1.93. The highest BCUT2D eigenvalue weighted by atomic mass is 16.5. The van der Waals surface area contributed by atoms with Crippen molar-refractivity contribution in [3.63, 3.8) is 0 Å². The summed E-state index contributed by atoms with van der Waals surface area (Å²) in [6.07, 6.45) is 5.19. The number of para-hydroxylation sites is 1. The first-order valence-corrected chi connectivity index (χ1v) is 7.83. The van der Waals surface area contributed by atoms with Gasteiger partial charge in [0, 0.05) is 6.42 Å². The van der Waals surface area contributed by atoms with Crippen LogP contribution in [0, 0.1) is 12.3 Å². The zero-order valence-corrected chi connectivity index (χ0v) is 13.4. The third-order valence-corrected chi connectivity index (χ3v) is 3.87. The van der Waals surface area contributed by atoms with Gasteiger partial charge in [0.25, 0.3) is 0 Å². The Kier molecular flexibility index (Phi) is 4.62. The largest absolute Gasteiger partial charge is 0.445 e. The summed E-state index contributed by atoms with van der Waals surface area (Å²) in [5.41, 5.74) is 2.41. The summed E-state index contributed by atoms with van der Waals surface area (Å²) < 4.78 is 5.22. The number of hydrazone groups is 1. The Hall–Kier alpha value is -3.06. The second-order valence-electron chi connectivity index (χ2n) is 5.57. The SMILES string of the molecule is C#C[C@@H](C)OC(=O)C1=NN(c2ccccc2)[C@H](c2ccccc2)C1. The van der Waals surface area contributed by atoms with Gasteiger partial charge < -0.3 is 4.74 Å². The maximum absolute atomic E-state index is 12.3. The van der Waals surface area contributed by atoms with Crippen molar-refractivity contribution in [2.24, 2.45) is 5.10 Å². The van der Waals surface area contributed by atoms with Crippen LogP contribution in [0.4, 0.5) is 5.69 Å². The van der Waals surface area contributed by atoms with E-state index in [4.69, 9.17) is 11.2 Å². The Morgan fingerprint density at radius 1 is 1.21 bits per heavy atom. The molecular formula is C20H18N2O2. The van der Waals surface area contributed by atoms with Gasteiger partial charge >= 0.3 is 5.97 Å². The molecule has 2 aromatic rings. The Morgan fingerprint density at radius 3 is 2.46 bits per heavy atom. The average Bonchev–Trinajstić information content (AvgIpc) is 3.08. The minimum absolute atomic E-state index is 0.0442. The molecular weight excluding hydrogens is 300 g/mol. The van der Waals surface area contributed by atoms with Gasteiger partial charge in [-0.1, -0.05) is 54.5 Å². The molecule has 2 aromatic carbocycles. The Bertz CT molecular complexity index is 778. The molecule has 0 unspecified atom stereocenters. The summed E-state index contributed by atoms with van der Waals surface area (Å²) in [5, 5.41) is 6.38. The first-order valence-electron chi connectivity index (χ1n) is 7.83. The first-order chi connectivity index (χ1) is 11.7. The number of terminal acetylenes is 1. The summed E-state index contributed by atoms with van der Waals surface area (Å²) in [7, 11) is 0. The third kappa shape index (κ3) is 3.31. The highest BCUT2D eigenvalue weighted by molar-refractivity contribution is 6.37. The third-order valence-electron chi connectivity index (χ3n) is 3.87. The monoisotopic (exact) mass is 318 g/mol. The predicted octanol–water partition coefficient (Wildman–Crippen LogP) is 3.56. The van der Waals surface area contributed by atoms with E-state index in [-0.39, 0.29) is 6.04 Å². The number of carbonyl (C=O) groups excluding carboxylic acids is 1. The van der Waals surface area contributed by atoms with Gasteiger partial charge in [-0.05, 0) is 24.6 Å². The van der Waals surface area contributed by atoms with Gasteiger partial charge in [0.1, 0.15) is 5.71 Å². The maximum Gasteiger partial charge on any atom is 0.355 e. The van der Waals surface area contributed by atoms with Gasteiger partial charge in [0.2, 0.25) is 0 Å². The highest BCUT2D eigenvalue weighted by Crippen LogP contribution is 2.35. The van der Waals surface area contributed by atoms with E-state index in [9.17, 15) is 4.79 Å². The van der Waals surface area contributed by atoms with Crippen LogP contribution < -0.4 is 5.01 Å². The smallest absolute Gasteiger partial charge is 0.355 e. The molecule has 0 saturated carbocycles. The normalized spacial score (nSPS) is 17.8. The molecule has 0 N–H and O–H groups in total. The van der Waals surface area contributed by atoms with E-state index in [1.807, 2.05) is 65.7 Å². The zero-order chi connectivity index (χ0) is 16.9. The lowest BCUT2D eigenvalue weighted by Crippen LogP contribution is -2.21. The van der Waals surface area contributed by atoms with Gasteiger partial charge in [-0.15, -0.1) is 6.42 Å². The van der Waals surface area contributed by atoms with E-state index in [0.29, 0.717) is 12.1 Å². The number of benzene rings is 2. The molecule has 0 bridgehead atoms. The van der Waals surface area contributed by atoms with Crippen LogP contribution in [-0.4, -0.2) is 17.8 Å². The first kappa shape index (κ1) is 15.8. The number of hydrogen-bond acceptors (Lipinski definition) is 4. The van der Waals surface area contributed by atoms with Crippen LogP contribution in [-0.2, 0) is 9.53 Å². The summed E-state index contributed by atoms with van der Waals surface area (Å²) >= 11 is 0. The lowest BCUT2D eigenvalue weighted by molar-refractivity contribution is -0.137. The molecule has 1 heterocycles. The number of nitrogens with zero attached hydrogens (tertiary/aromatic N) is 2. The molecule has 0 radical (unpaired) electrons. The van der Waals surface area contributed by atoms with Crippen LogP contribution in [0.2, 0.25) is 0 Å². The molecule has 0 fully saturated rings. The quantitative estimate of drug-likeness (QED) is 0.639. The van der Waals surface area contributed by atoms with Gasteiger partial charge in [0.15, 0.2) is 6.10 Å². The Balaban J connectivity index is 1.91. The van der Waals surface area contributed by atoms with Gasteiger partial charge in [0.05, 0.1) is 11.7 Å². The fourth-order valence-corrected chi connectivity index (χ4v) is 2.65. The molecule has 0 saturated heterocycles. The van der Waals surface area contributed by atoms with Gasteiger partial charge in [-0.3, -0.25) is 5.01 Å². The minimum atomic E-state index is -0.568. The molecule has 0 aliphatic carbocycles. The van der Waals surface area contributed by atoms with Crippen molar-refractivity contribution in [3.8, 4) is 12.3 Å². The molecule has 0 amide bonds. The van der Waals surface area contributed by atoms with Crippen molar-refractivity contribution in [3.05, 3.63) is 66.2 Å². The number of ether oxygens (including phenoxy) is 1. The van der Waals surface area contributed by atoms with Crippen molar-refractivity contribution >= 4 is 17.4 Å². The second-order valence-corrected chi connectivity index (χ2v) is 5.57. The van der Waals surface area contributed by atoms with Crippen molar-refractivity contribution in [1.29, 1.82) is 0 Å². The predicted molar refractivity (Wildman–Crippen MR) is 94.5 cm³/mol. The van der Waals surface area contributed by atoms with E-state index >= 15 is 0 Å². The van der Waals surface area contributed by atoms with E-state index in [2.05, 4.69) is 11.0 Å². The molecule has 4 nitrogen and oxygen atoms in total. The van der Waals surface area contributed by atoms with E-state index in [0.717, 1.165) is 11.3 Å². The van der Waals surface area contributed by atoms with Crippen LogP contribution >= 0.6 is 0 Å². The number of anilines is 1. The van der Waals surface area contributed by atoms with Crippen LogP contribution in [0.1, 0.15) is 24.9 Å². The lowest BCUT2D eigenvalue weighted by atomic mass is 10.0. The van der Waals surface area contributed by atoms with Gasteiger partial charge in [-0.2, -0.15) is 5.10 Å². The molecule has 0 aromatic heterocycles. The summed E-state index contributed by atoms with van der Waals surface area (Å²) in [6.45, 7) is 1.66. The van der Waals surface area contributed by atoms with E-state index in [1.54, 1.807) is 6.92 Å². The number of esters is 1. The highest BCUT2D eigenvalue weighted by Gasteiger charge is 2.33.